The van der Waals surface area contributed by atoms with Crippen molar-refractivity contribution in [2.24, 2.45) is 16.6 Å². The molecule has 0 aromatic carbocycles. The van der Waals surface area contributed by atoms with Crippen LogP contribution in [-0.4, -0.2) is 31.3 Å². The number of nitrogens with two attached hydrogens (primary N) is 1. The first kappa shape index (κ1) is 8.44. The molecule has 2 aliphatic heterocycles. The zero-order valence-electron chi connectivity index (χ0n) is 7.42. The van der Waals surface area contributed by atoms with Crippen LogP contribution in [0.5, 0.6) is 0 Å². The maximum absolute atomic E-state index is 10.9. The van der Waals surface area contributed by atoms with Crippen molar-refractivity contribution < 1.29 is 4.79 Å². The Kier molecular flexibility index (Phi) is 2.14. The van der Waals surface area contributed by atoms with Crippen LogP contribution in [0.25, 0.3) is 0 Å². The summed E-state index contributed by atoms with van der Waals surface area (Å²) in [5.74, 6) is 0.112. The van der Waals surface area contributed by atoms with Gasteiger partial charge in [-0.25, -0.2) is 0 Å². The van der Waals surface area contributed by atoms with Crippen molar-refractivity contribution in [2.45, 2.75) is 6.42 Å². The van der Waals surface area contributed by atoms with Gasteiger partial charge in [-0.05, 0) is 24.6 Å². The molecular formula is C9H13N3O. The summed E-state index contributed by atoms with van der Waals surface area (Å²) in [6.45, 7) is 2.65. The number of dihydropyridines is 1. The minimum Gasteiger partial charge on any atom is -0.364 e. The number of carbonyl (C=O) groups is 1. The summed E-state index contributed by atoms with van der Waals surface area (Å²) in [5, 5.41) is 3.27. The second-order valence-corrected chi connectivity index (χ2v) is 3.47. The molecule has 4 nitrogen and oxygen atoms in total. The van der Waals surface area contributed by atoms with Gasteiger partial charge in [0.1, 0.15) is 5.71 Å². The minimum absolute atomic E-state index is 0.420. The van der Waals surface area contributed by atoms with Crippen molar-refractivity contribution >= 4 is 11.6 Å². The summed E-state index contributed by atoms with van der Waals surface area (Å²) >= 11 is 0. The van der Waals surface area contributed by atoms with Crippen molar-refractivity contribution in [1.29, 1.82) is 0 Å². The molecular weight excluding hydrogens is 166 g/mol. The van der Waals surface area contributed by atoms with E-state index in [1.165, 1.54) is 5.57 Å². The molecule has 70 valence electrons. The number of fused-ring (bicyclic) bond motifs is 1. The van der Waals surface area contributed by atoms with Gasteiger partial charge >= 0.3 is 0 Å². The average molecular weight is 179 g/mol. The fraction of sp³-hybridized carbons (Fsp3) is 0.556. The normalized spacial score (nSPS) is 27.2. The third-order valence-corrected chi connectivity index (χ3v) is 2.58. The quantitative estimate of drug-likeness (QED) is 0.567. The molecule has 4 heteroatoms. The molecule has 0 aromatic heterocycles. The van der Waals surface area contributed by atoms with Crippen molar-refractivity contribution in [3.05, 3.63) is 11.6 Å². The molecule has 0 saturated carbocycles. The highest BCUT2D eigenvalue weighted by Crippen LogP contribution is 2.21. The Balaban J connectivity index is 2.18. The highest BCUT2D eigenvalue weighted by molar-refractivity contribution is 6.43. The number of rotatable bonds is 1. The minimum atomic E-state index is -0.420. The van der Waals surface area contributed by atoms with Gasteiger partial charge in [0, 0.05) is 19.0 Å². The molecule has 2 rings (SSSR count). The van der Waals surface area contributed by atoms with E-state index in [1.54, 1.807) is 0 Å². The molecule has 0 radical (unpaired) electrons. The average Bonchev–Trinajstić information content (AvgIpc) is 2.17. The summed E-state index contributed by atoms with van der Waals surface area (Å²) in [4.78, 5) is 15.0. The predicted molar refractivity (Wildman–Crippen MR) is 50.6 cm³/mol. The Morgan fingerprint density at radius 1 is 1.69 bits per heavy atom. The highest BCUT2D eigenvalue weighted by atomic mass is 16.1. The molecule has 0 aliphatic carbocycles. The van der Waals surface area contributed by atoms with Crippen molar-refractivity contribution in [3.63, 3.8) is 0 Å². The summed E-state index contributed by atoms with van der Waals surface area (Å²) in [6, 6.07) is 0. The molecule has 13 heavy (non-hydrogen) atoms. The van der Waals surface area contributed by atoms with Gasteiger partial charge in [0.15, 0.2) is 0 Å². The van der Waals surface area contributed by atoms with Crippen molar-refractivity contribution in [3.8, 4) is 0 Å². The monoisotopic (exact) mass is 179 g/mol. The summed E-state index contributed by atoms with van der Waals surface area (Å²) in [6.07, 6.45) is 2.95. The van der Waals surface area contributed by atoms with Crippen LogP contribution < -0.4 is 11.1 Å². The third-order valence-electron chi connectivity index (χ3n) is 2.58. The Morgan fingerprint density at radius 3 is 3.31 bits per heavy atom. The van der Waals surface area contributed by atoms with E-state index < -0.39 is 5.91 Å². The molecule has 0 spiro atoms. The van der Waals surface area contributed by atoms with E-state index in [-0.39, 0.29) is 0 Å². The maximum Gasteiger partial charge on any atom is 0.266 e. The fourth-order valence-corrected chi connectivity index (χ4v) is 1.80. The molecule has 2 aliphatic rings. The van der Waals surface area contributed by atoms with E-state index in [0.717, 1.165) is 26.1 Å². The Hall–Kier alpha value is -1.16. The molecule has 2 heterocycles. The van der Waals surface area contributed by atoms with E-state index >= 15 is 0 Å². The lowest BCUT2D eigenvalue weighted by Gasteiger charge is -2.27. The second-order valence-electron chi connectivity index (χ2n) is 3.47. The van der Waals surface area contributed by atoms with Crippen LogP contribution in [0, 0.1) is 5.92 Å². The van der Waals surface area contributed by atoms with Crippen LogP contribution in [0.4, 0.5) is 0 Å². The molecule has 0 aromatic rings. The van der Waals surface area contributed by atoms with E-state index in [0.29, 0.717) is 11.6 Å². The first-order valence-corrected chi connectivity index (χ1v) is 4.53. The number of nitrogens with zero attached hydrogens (tertiary/aromatic N) is 1. The largest absolute Gasteiger partial charge is 0.364 e. The van der Waals surface area contributed by atoms with Gasteiger partial charge in [-0.3, -0.25) is 9.79 Å². The van der Waals surface area contributed by atoms with Gasteiger partial charge in [-0.2, -0.15) is 0 Å². The van der Waals surface area contributed by atoms with Crippen LogP contribution in [0.1, 0.15) is 6.42 Å². The number of piperidine rings is 1. The summed E-state index contributed by atoms with van der Waals surface area (Å²) in [5.41, 5.74) is 6.85. The molecule has 1 atom stereocenters. The molecule has 1 unspecified atom stereocenters. The third kappa shape index (κ3) is 1.62. The van der Waals surface area contributed by atoms with E-state index in [4.69, 9.17) is 5.73 Å². The Bertz CT molecular complexity index is 293. The number of aliphatic imine (C=N–C) groups is 1. The SMILES string of the molecule is NC(=O)C1=NCC2CCNCC2=C1. The van der Waals surface area contributed by atoms with E-state index in [1.807, 2.05) is 6.08 Å². The van der Waals surface area contributed by atoms with Crippen LogP contribution in [0.15, 0.2) is 16.6 Å². The lowest BCUT2D eigenvalue weighted by Crippen LogP contribution is -2.36. The molecule has 0 bridgehead atoms. The van der Waals surface area contributed by atoms with Crippen LogP contribution in [-0.2, 0) is 4.79 Å². The number of nitrogens with one attached hydrogen (secondary N) is 1. The molecule has 1 saturated heterocycles. The molecule has 3 N–H and O–H groups in total. The zero-order valence-corrected chi connectivity index (χ0v) is 7.42. The Labute approximate surface area is 76.9 Å². The number of amides is 1. The first-order chi connectivity index (χ1) is 6.27. The smallest absolute Gasteiger partial charge is 0.266 e. The number of hydrogen-bond donors (Lipinski definition) is 2. The van der Waals surface area contributed by atoms with Gasteiger partial charge in [0.25, 0.3) is 5.91 Å². The number of carbonyl (C=O) groups excluding carboxylic acids is 1. The second kappa shape index (κ2) is 3.30. The topological polar surface area (TPSA) is 67.5 Å². The summed E-state index contributed by atoms with van der Waals surface area (Å²) in [7, 11) is 0. The number of primary amides is 1. The Morgan fingerprint density at radius 2 is 2.54 bits per heavy atom. The fourth-order valence-electron chi connectivity index (χ4n) is 1.80. The van der Waals surface area contributed by atoms with Crippen molar-refractivity contribution in [2.75, 3.05) is 19.6 Å². The van der Waals surface area contributed by atoms with Crippen molar-refractivity contribution in [1.82, 2.24) is 5.32 Å². The van der Waals surface area contributed by atoms with Crippen LogP contribution in [0.2, 0.25) is 0 Å². The lowest BCUT2D eigenvalue weighted by atomic mass is 9.89. The van der Waals surface area contributed by atoms with Gasteiger partial charge in [0.2, 0.25) is 0 Å². The molecule has 1 fully saturated rings. The summed E-state index contributed by atoms with van der Waals surface area (Å²) < 4.78 is 0. The van der Waals surface area contributed by atoms with Gasteiger partial charge in [0.05, 0.1) is 0 Å². The van der Waals surface area contributed by atoms with Gasteiger partial charge in [-0.1, -0.05) is 0 Å². The zero-order chi connectivity index (χ0) is 9.26. The highest BCUT2D eigenvalue weighted by Gasteiger charge is 2.22. The molecule has 1 amide bonds. The lowest BCUT2D eigenvalue weighted by molar-refractivity contribution is -0.111. The maximum atomic E-state index is 10.9. The standard InChI is InChI=1S/C9H13N3O/c10-9(13)8-3-7-4-11-2-1-6(7)5-12-8/h3,6,11H,1-2,4-5H2,(H2,10,13). The van der Waals surface area contributed by atoms with Gasteiger partial charge < -0.3 is 11.1 Å². The van der Waals surface area contributed by atoms with Crippen LogP contribution in [0.3, 0.4) is 0 Å². The van der Waals surface area contributed by atoms with Crippen LogP contribution >= 0.6 is 0 Å². The van der Waals surface area contributed by atoms with Gasteiger partial charge in [-0.15, -0.1) is 0 Å². The van der Waals surface area contributed by atoms with E-state index in [2.05, 4.69) is 10.3 Å². The first-order valence-electron chi connectivity index (χ1n) is 4.53. The predicted octanol–water partition coefficient (Wildman–Crippen LogP) is -0.538. The van der Waals surface area contributed by atoms with E-state index in [9.17, 15) is 4.79 Å². The number of hydrogen-bond acceptors (Lipinski definition) is 3.